The molecule has 0 spiro atoms. The van der Waals surface area contributed by atoms with Crippen molar-refractivity contribution in [2.45, 2.75) is 4.90 Å². The van der Waals surface area contributed by atoms with Gasteiger partial charge in [0.1, 0.15) is 0 Å². The van der Waals surface area contributed by atoms with Crippen LogP contribution < -0.4 is 0 Å². The summed E-state index contributed by atoms with van der Waals surface area (Å²) in [6.45, 7) is 7.03. The van der Waals surface area contributed by atoms with Gasteiger partial charge in [-0.2, -0.15) is 0 Å². The third-order valence-corrected chi connectivity index (χ3v) is 5.41. The minimum Gasteiger partial charge on any atom is -0.256 e. The second kappa shape index (κ2) is 7.23. The summed E-state index contributed by atoms with van der Waals surface area (Å²) in [6.07, 6.45) is 4.95. The molecule has 3 aromatic rings. The van der Waals surface area contributed by atoms with Crippen LogP contribution >= 0.6 is 11.6 Å². The maximum absolute atomic E-state index is 11.9. The van der Waals surface area contributed by atoms with Crippen LogP contribution in [-0.2, 0) is 9.84 Å². The maximum Gasteiger partial charge on any atom is 0.199 e. The Bertz CT molecular complexity index is 1070. The zero-order valence-corrected chi connectivity index (χ0v) is 15.3. The average Bonchev–Trinajstić information content (AvgIpc) is 2.68. The maximum atomic E-state index is 11.9. The number of sulfone groups is 1. The standard InChI is InChI=1S/C20H15ClN2O2S/c1-3-17-8-5-15(12-22-17)20-19(11-16(21)13-23-20)14-6-9-18(10-7-14)26(24,25)4-2/h3-13H,1-2H2. The zero-order chi connectivity index (χ0) is 18.7. The van der Waals surface area contributed by atoms with Crippen LogP contribution in [0.2, 0.25) is 5.02 Å². The predicted octanol–water partition coefficient (Wildman–Crippen LogP) is 5.02. The summed E-state index contributed by atoms with van der Waals surface area (Å²) in [6, 6.07) is 12.1. The van der Waals surface area contributed by atoms with Crippen molar-refractivity contribution in [3.63, 3.8) is 0 Å². The minimum atomic E-state index is -3.47. The second-order valence-corrected chi connectivity index (χ2v) is 7.79. The van der Waals surface area contributed by atoms with Crippen LogP contribution in [0.15, 0.2) is 78.3 Å². The lowest BCUT2D eigenvalue weighted by atomic mass is 10.0. The minimum absolute atomic E-state index is 0.185. The SMILES string of the molecule is C=Cc1ccc(-c2ncc(Cl)cc2-c2ccc(S(=O)(=O)C=C)cc2)cn1. The van der Waals surface area contributed by atoms with Crippen LogP contribution in [-0.4, -0.2) is 18.4 Å². The van der Waals surface area contributed by atoms with E-state index in [1.807, 2.05) is 12.1 Å². The third kappa shape index (κ3) is 3.59. The molecule has 2 aromatic heterocycles. The molecule has 0 radical (unpaired) electrons. The van der Waals surface area contributed by atoms with E-state index in [0.29, 0.717) is 10.7 Å². The van der Waals surface area contributed by atoms with E-state index < -0.39 is 9.84 Å². The van der Waals surface area contributed by atoms with Crippen LogP contribution in [0.1, 0.15) is 5.69 Å². The number of rotatable bonds is 5. The summed E-state index contributed by atoms with van der Waals surface area (Å²) in [4.78, 5) is 8.93. The number of nitrogens with zero attached hydrogens (tertiary/aromatic N) is 2. The molecule has 2 heterocycles. The molecule has 0 bridgehead atoms. The Kier molecular flexibility index (Phi) is 5.02. The van der Waals surface area contributed by atoms with Crippen LogP contribution in [0.3, 0.4) is 0 Å². The van der Waals surface area contributed by atoms with E-state index in [1.54, 1.807) is 36.7 Å². The van der Waals surface area contributed by atoms with Gasteiger partial charge in [-0.1, -0.05) is 36.9 Å². The summed E-state index contributed by atoms with van der Waals surface area (Å²) in [5.74, 6) is 0. The number of benzene rings is 1. The highest BCUT2D eigenvalue weighted by molar-refractivity contribution is 7.94. The first-order chi connectivity index (χ1) is 12.4. The van der Waals surface area contributed by atoms with Gasteiger partial charge in [-0.3, -0.25) is 9.97 Å². The van der Waals surface area contributed by atoms with E-state index in [4.69, 9.17) is 11.6 Å². The molecule has 0 amide bonds. The Balaban J connectivity index is 2.11. The summed E-state index contributed by atoms with van der Waals surface area (Å²) < 4.78 is 23.8. The Morgan fingerprint density at radius 2 is 1.62 bits per heavy atom. The normalized spacial score (nSPS) is 11.1. The van der Waals surface area contributed by atoms with Crippen molar-refractivity contribution >= 4 is 27.5 Å². The molecule has 6 heteroatoms. The summed E-state index contributed by atoms with van der Waals surface area (Å²) in [7, 11) is -3.47. The molecular weight excluding hydrogens is 368 g/mol. The summed E-state index contributed by atoms with van der Waals surface area (Å²) in [5, 5.41) is 1.42. The summed E-state index contributed by atoms with van der Waals surface area (Å²) >= 11 is 6.13. The molecule has 0 fully saturated rings. The lowest BCUT2D eigenvalue weighted by Crippen LogP contribution is -1.96. The molecule has 130 valence electrons. The highest BCUT2D eigenvalue weighted by Crippen LogP contribution is 2.32. The van der Waals surface area contributed by atoms with Crippen LogP contribution in [0, 0.1) is 0 Å². The number of hydrogen-bond acceptors (Lipinski definition) is 4. The van der Waals surface area contributed by atoms with Crippen LogP contribution in [0.4, 0.5) is 0 Å². The first-order valence-corrected chi connectivity index (χ1v) is 9.59. The van der Waals surface area contributed by atoms with Gasteiger partial charge in [-0.05, 0) is 42.0 Å². The molecular formula is C20H15ClN2O2S. The highest BCUT2D eigenvalue weighted by atomic mass is 35.5. The fraction of sp³-hybridized carbons (Fsp3) is 0. The van der Waals surface area contributed by atoms with E-state index in [9.17, 15) is 8.42 Å². The Hall–Kier alpha value is -2.76. The number of halogens is 1. The first-order valence-electron chi connectivity index (χ1n) is 7.67. The van der Waals surface area contributed by atoms with Gasteiger partial charge in [-0.25, -0.2) is 8.42 Å². The van der Waals surface area contributed by atoms with Crippen LogP contribution in [0.25, 0.3) is 28.5 Å². The molecule has 0 N–H and O–H groups in total. The van der Waals surface area contributed by atoms with E-state index in [1.165, 1.54) is 12.1 Å². The van der Waals surface area contributed by atoms with Crippen molar-refractivity contribution in [2.24, 2.45) is 0 Å². The largest absolute Gasteiger partial charge is 0.256 e. The molecule has 0 saturated carbocycles. The quantitative estimate of drug-likeness (QED) is 0.621. The molecule has 1 aromatic carbocycles. The van der Waals surface area contributed by atoms with Crippen molar-refractivity contribution in [3.8, 4) is 22.4 Å². The topological polar surface area (TPSA) is 59.9 Å². The fourth-order valence-electron chi connectivity index (χ4n) is 2.48. The van der Waals surface area contributed by atoms with E-state index in [-0.39, 0.29) is 4.90 Å². The number of pyridine rings is 2. The first kappa shape index (κ1) is 18.0. The van der Waals surface area contributed by atoms with E-state index in [0.717, 1.165) is 27.8 Å². The molecule has 4 nitrogen and oxygen atoms in total. The molecule has 26 heavy (non-hydrogen) atoms. The Morgan fingerprint density at radius 1 is 0.923 bits per heavy atom. The Morgan fingerprint density at radius 3 is 2.19 bits per heavy atom. The number of aromatic nitrogens is 2. The van der Waals surface area contributed by atoms with Crippen molar-refractivity contribution in [1.29, 1.82) is 0 Å². The van der Waals surface area contributed by atoms with Gasteiger partial charge in [0.05, 0.1) is 21.3 Å². The Labute approximate surface area is 157 Å². The smallest absolute Gasteiger partial charge is 0.199 e. The van der Waals surface area contributed by atoms with Crippen molar-refractivity contribution in [2.75, 3.05) is 0 Å². The van der Waals surface area contributed by atoms with Gasteiger partial charge in [0.2, 0.25) is 0 Å². The van der Waals surface area contributed by atoms with Crippen molar-refractivity contribution < 1.29 is 8.42 Å². The van der Waals surface area contributed by atoms with Gasteiger partial charge in [0.15, 0.2) is 9.84 Å². The van der Waals surface area contributed by atoms with E-state index in [2.05, 4.69) is 23.1 Å². The average molecular weight is 383 g/mol. The number of hydrogen-bond donors (Lipinski definition) is 0. The van der Waals surface area contributed by atoms with Gasteiger partial charge >= 0.3 is 0 Å². The molecule has 0 aliphatic heterocycles. The summed E-state index contributed by atoms with van der Waals surface area (Å²) in [5.41, 5.74) is 3.88. The van der Waals surface area contributed by atoms with Gasteiger partial charge in [0, 0.05) is 28.9 Å². The fourth-order valence-corrected chi connectivity index (χ4v) is 3.34. The molecule has 0 saturated heterocycles. The molecule has 3 rings (SSSR count). The van der Waals surface area contributed by atoms with Gasteiger partial charge in [-0.15, -0.1) is 0 Å². The third-order valence-electron chi connectivity index (χ3n) is 3.84. The van der Waals surface area contributed by atoms with E-state index >= 15 is 0 Å². The molecule has 0 aliphatic carbocycles. The highest BCUT2D eigenvalue weighted by Gasteiger charge is 2.13. The van der Waals surface area contributed by atoms with Gasteiger partial charge < -0.3 is 0 Å². The monoisotopic (exact) mass is 382 g/mol. The molecule has 0 unspecified atom stereocenters. The van der Waals surface area contributed by atoms with Crippen molar-refractivity contribution in [3.05, 3.63) is 84.1 Å². The lowest BCUT2D eigenvalue weighted by Gasteiger charge is -2.10. The lowest BCUT2D eigenvalue weighted by molar-refractivity contribution is 0.604. The van der Waals surface area contributed by atoms with Crippen molar-refractivity contribution in [1.82, 2.24) is 9.97 Å². The molecule has 0 aliphatic rings. The van der Waals surface area contributed by atoms with Gasteiger partial charge in [0.25, 0.3) is 0 Å². The van der Waals surface area contributed by atoms with Crippen LogP contribution in [0.5, 0.6) is 0 Å². The second-order valence-electron chi connectivity index (χ2n) is 5.46. The zero-order valence-electron chi connectivity index (χ0n) is 13.8. The molecule has 0 atom stereocenters. The predicted molar refractivity (Wildman–Crippen MR) is 105 cm³/mol.